The molecule has 0 aromatic heterocycles. The van der Waals surface area contributed by atoms with Crippen LogP contribution in [0, 0.1) is 0 Å². The van der Waals surface area contributed by atoms with Crippen LogP contribution in [0.2, 0.25) is 0 Å². The molecule has 3 rings (SSSR count). The third-order valence-electron chi connectivity index (χ3n) is 4.44. The van der Waals surface area contributed by atoms with Crippen molar-refractivity contribution in [3.8, 4) is 0 Å². The molecule has 0 aromatic carbocycles. The van der Waals surface area contributed by atoms with Crippen molar-refractivity contribution in [2.24, 2.45) is 0 Å². The predicted molar refractivity (Wildman–Crippen MR) is 80.3 cm³/mol. The summed E-state index contributed by atoms with van der Waals surface area (Å²) in [5, 5.41) is 26.2. The second-order valence-corrected chi connectivity index (χ2v) is 6.20. The smallest absolute Gasteiger partial charge is 0.0665 e. The van der Waals surface area contributed by atoms with E-state index in [0.717, 1.165) is 51.9 Å². The molecule has 3 heterocycles. The fraction of sp³-hybridized carbons (Fsp3) is 1.00. The van der Waals surface area contributed by atoms with Crippen LogP contribution in [-0.4, -0.2) is 71.7 Å². The van der Waals surface area contributed by atoms with E-state index in [-0.39, 0.29) is 12.2 Å². The third-order valence-corrected chi connectivity index (χ3v) is 4.44. The molecule has 0 aliphatic carbocycles. The van der Waals surface area contributed by atoms with E-state index in [4.69, 9.17) is 5.11 Å². The number of aliphatic hydroxyl groups is 2. The zero-order valence-electron chi connectivity index (χ0n) is 12.6. The summed E-state index contributed by atoms with van der Waals surface area (Å²) in [6.07, 6.45) is 7.99. The average Bonchev–Trinajstić information content (AvgIpc) is 2.50. The van der Waals surface area contributed by atoms with Crippen LogP contribution in [0.5, 0.6) is 0 Å². The van der Waals surface area contributed by atoms with Crippen LogP contribution in [0.25, 0.3) is 0 Å². The van der Waals surface area contributed by atoms with Gasteiger partial charge in [-0.15, -0.1) is 0 Å². The summed E-state index contributed by atoms with van der Waals surface area (Å²) in [6, 6.07) is 0. The lowest BCUT2D eigenvalue weighted by Crippen LogP contribution is -2.49. The summed E-state index contributed by atoms with van der Waals surface area (Å²) in [7, 11) is 0. The van der Waals surface area contributed by atoms with Gasteiger partial charge in [0.1, 0.15) is 0 Å². The molecule has 5 nitrogen and oxygen atoms in total. The van der Waals surface area contributed by atoms with E-state index in [1.54, 1.807) is 0 Å². The van der Waals surface area contributed by atoms with Gasteiger partial charge in [0.15, 0.2) is 0 Å². The molecule has 0 aromatic rings. The predicted octanol–water partition coefficient (Wildman–Crippen LogP) is 0.575. The molecule has 3 fully saturated rings. The van der Waals surface area contributed by atoms with Crippen LogP contribution in [0.15, 0.2) is 0 Å². The van der Waals surface area contributed by atoms with Crippen molar-refractivity contribution >= 4 is 0 Å². The summed E-state index contributed by atoms with van der Waals surface area (Å²) in [4.78, 5) is 0. The van der Waals surface area contributed by atoms with E-state index in [1.165, 1.54) is 32.4 Å². The Morgan fingerprint density at radius 1 is 0.700 bits per heavy atom. The summed E-state index contributed by atoms with van der Waals surface area (Å²) >= 11 is 0. The van der Waals surface area contributed by atoms with Crippen molar-refractivity contribution in [1.82, 2.24) is 15.3 Å². The Balaban J connectivity index is 0.000000178. The summed E-state index contributed by atoms with van der Waals surface area (Å²) < 4.78 is 0. The fourth-order valence-corrected chi connectivity index (χ4v) is 3.13. The normalized spacial score (nSPS) is 30.6. The van der Waals surface area contributed by atoms with E-state index in [9.17, 15) is 5.11 Å². The maximum atomic E-state index is 9.38. The molecule has 1 unspecified atom stereocenters. The molecule has 0 saturated carbocycles. The second kappa shape index (κ2) is 8.95. The zero-order chi connectivity index (χ0) is 14.2. The van der Waals surface area contributed by atoms with E-state index >= 15 is 0 Å². The number of β-amino-alcohol motifs (C(OH)–C–C–N with tert-alkyl or cyclic N) is 1. The number of nitrogens with one attached hydrogen (secondary N) is 1. The first-order valence-electron chi connectivity index (χ1n) is 8.32. The van der Waals surface area contributed by atoms with Gasteiger partial charge in [-0.25, -0.2) is 10.0 Å². The molecule has 3 aliphatic heterocycles. The minimum absolute atomic E-state index is 0.0407. The summed E-state index contributed by atoms with van der Waals surface area (Å²) in [6.45, 7) is 6.45. The van der Waals surface area contributed by atoms with Gasteiger partial charge in [0.05, 0.1) is 12.2 Å². The second-order valence-electron chi connectivity index (χ2n) is 6.20. The number of rotatable bonds is 1. The minimum atomic E-state index is -0.0752. The molecule has 0 bridgehead atoms. The molecule has 0 amide bonds. The standard InChI is InChI=1S/C10H20N2O.C5H11NO/c13-10-4-8-12(9-5-10)11-6-2-1-3-7-11;7-5-2-1-3-6-4-5/h10,13H,1-9H2;5-7H,1-4H2. The van der Waals surface area contributed by atoms with Crippen molar-refractivity contribution in [3.05, 3.63) is 0 Å². The van der Waals surface area contributed by atoms with Crippen molar-refractivity contribution in [2.45, 2.75) is 57.2 Å². The van der Waals surface area contributed by atoms with E-state index in [0.29, 0.717) is 0 Å². The highest BCUT2D eigenvalue weighted by molar-refractivity contribution is 4.72. The third kappa shape index (κ3) is 5.66. The fourth-order valence-electron chi connectivity index (χ4n) is 3.13. The SMILES string of the molecule is OC1CCCNC1.OC1CCN(N2CCCCC2)CC1. The Kier molecular flexibility index (Phi) is 7.24. The first-order valence-corrected chi connectivity index (χ1v) is 8.32. The van der Waals surface area contributed by atoms with Crippen LogP contribution in [0.1, 0.15) is 44.9 Å². The Labute approximate surface area is 122 Å². The quantitative estimate of drug-likeness (QED) is 0.658. The Morgan fingerprint density at radius 3 is 1.85 bits per heavy atom. The monoisotopic (exact) mass is 285 g/mol. The minimum Gasteiger partial charge on any atom is -0.393 e. The van der Waals surface area contributed by atoms with Crippen LogP contribution in [-0.2, 0) is 0 Å². The first kappa shape index (κ1) is 16.2. The molecule has 118 valence electrons. The lowest BCUT2D eigenvalue weighted by molar-refractivity contribution is -0.0737. The molecule has 5 heteroatoms. The van der Waals surface area contributed by atoms with Gasteiger partial charge in [-0.2, -0.15) is 0 Å². The lowest BCUT2D eigenvalue weighted by Gasteiger charge is -2.40. The summed E-state index contributed by atoms with van der Waals surface area (Å²) in [5.41, 5.74) is 0. The topological polar surface area (TPSA) is 59.0 Å². The van der Waals surface area contributed by atoms with Crippen LogP contribution >= 0.6 is 0 Å². The molecule has 0 spiro atoms. The van der Waals surface area contributed by atoms with E-state index in [1.807, 2.05) is 0 Å². The van der Waals surface area contributed by atoms with Gasteiger partial charge in [0.2, 0.25) is 0 Å². The first-order chi connectivity index (χ1) is 9.75. The van der Waals surface area contributed by atoms with Gasteiger partial charge < -0.3 is 15.5 Å². The highest BCUT2D eigenvalue weighted by Crippen LogP contribution is 2.16. The highest BCUT2D eigenvalue weighted by atomic mass is 16.3. The molecule has 3 saturated heterocycles. The Bertz CT molecular complexity index is 246. The number of piperidine rings is 3. The van der Waals surface area contributed by atoms with Crippen molar-refractivity contribution in [3.63, 3.8) is 0 Å². The summed E-state index contributed by atoms with van der Waals surface area (Å²) in [5.74, 6) is 0. The number of aliphatic hydroxyl groups excluding tert-OH is 2. The van der Waals surface area contributed by atoms with Gasteiger partial charge in [0, 0.05) is 32.7 Å². The van der Waals surface area contributed by atoms with Crippen molar-refractivity contribution in [1.29, 1.82) is 0 Å². The zero-order valence-corrected chi connectivity index (χ0v) is 12.6. The molecular weight excluding hydrogens is 254 g/mol. The number of hydrogen-bond acceptors (Lipinski definition) is 5. The molecule has 20 heavy (non-hydrogen) atoms. The lowest BCUT2D eigenvalue weighted by atomic mass is 10.1. The molecule has 3 N–H and O–H groups in total. The van der Waals surface area contributed by atoms with Crippen LogP contribution < -0.4 is 5.32 Å². The van der Waals surface area contributed by atoms with Crippen molar-refractivity contribution in [2.75, 3.05) is 39.3 Å². The van der Waals surface area contributed by atoms with Crippen LogP contribution in [0.4, 0.5) is 0 Å². The highest BCUT2D eigenvalue weighted by Gasteiger charge is 2.22. The maximum Gasteiger partial charge on any atom is 0.0665 e. The average molecular weight is 285 g/mol. The van der Waals surface area contributed by atoms with Gasteiger partial charge in [-0.1, -0.05) is 6.42 Å². The maximum absolute atomic E-state index is 9.38. The van der Waals surface area contributed by atoms with Gasteiger partial charge in [0.25, 0.3) is 0 Å². The van der Waals surface area contributed by atoms with Crippen LogP contribution in [0.3, 0.4) is 0 Å². The molecule has 1 atom stereocenters. The van der Waals surface area contributed by atoms with Gasteiger partial charge >= 0.3 is 0 Å². The van der Waals surface area contributed by atoms with Gasteiger partial charge in [-0.05, 0) is 45.1 Å². The Hall–Kier alpha value is -0.200. The molecule has 3 aliphatic rings. The van der Waals surface area contributed by atoms with Crippen molar-refractivity contribution < 1.29 is 10.2 Å². The number of nitrogens with zero attached hydrogens (tertiary/aromatic N) is 2. The largest absolute Gasteiger partial charge is 0.393 e. The molecular formula is C15H31N3O2. The van der Waals surface area contributed by atoms with E-state index in [2.05, 4.69) is 15.3 Å². The Morgan fingerprint density at radius 2 is 1.35 bits per heavy atom. The molecule has 0 radical (unpaired) electrons. The number of hydrazine groups is 1. The van der Waals surface area contributed by atoms with E-state index < -0.39 is 0 Å². The van der Waals surface area contributed by atoms with Gasteiger partial charge in [-0.3, -0.25) is 0 Å². The number of hydrogen-bond donors (Lipinski definition) is 3.